The van der Waals surface area contributed by atoms with E-state index in [2.05, 4.69) is 61.0 Å². The monoisotopic (exact) mass is 474 g/mol. The lowest BCUT2D eigenvalue weighted by atomic mass is 9.45. The normalized spacial score (nSPS) is 22.8. The van der Waals surface area contributed by atoms with E-state index >= 15 is 0 Å². The molecule has 3 nitrogen and oxygen atoms in total. The lowest BCUT2D eigenvalue weighted by molar-refractivity contribution is -0.103. The Morgan fingerprint density at radius 3 is 2.53 bits per heavy atom. The number of nitrogens with one attached hydrogen (secondary N) is 1. The Morgan fingerprint density at radius 1 is 1.09 bits per heavy atom. The highest BCUT2D eigenvalue weighted by Crippen LogP contribution is 2.61. The van der Waals surface area contributed by atoms with E-state index in [-0.39, 0.29) is 5.91 Å². The van der Waals surface area contributed by atoms with Crippen LogP contribution in [-0.2, 0) is 6.54 Å². The van der Waals surface area contributed by atoms with Crippen LogP contribution in [-0.4, -0.2) is 17.0 Å². The number of fused-ring (bicyclic) bond motifs is 2. The van der Waals surface area contributed by atoms with E-state index in [1.807, 2.05) is 31.3 Å². The quantitative estimate of drug-likeness (QED) is 0.400. The summed E-state index contributed by atoms with van der Waals surface area (Å²) in [6.07, 6.45) is 5.87. The topological polar surface area (TPSA) is 34.0 Å². The van der Waals surface area contributed by atoms with Crippen molar-refractivity contribution in [3.8, 4) is 11.3 Å². The molecule has 2 aromatic carbocycles. The van der Waals surface area contributed by atoms with Crippen LogP contribution < -0.4 is 5.32 Å². The number of aryl methyl sites for hydroxylation is 2. The summed E-state index contributed by atoms with van der Waals surface area (Å²) < 4.78 is 2.18. The second-order valence-corrected chi connectivity index (χ2v) is 11.5. The molecule has 3 fully saturated rings. The zero-order valence-electron chi connectivity index (χ0n) is 20.7. The van der Waals surface area contributed by atoms with Crippen molar-refractivity contribution in [1.82, 2.24) is 9.88 Å². The van der Waals surface area contributed by atoms with Crippen molar-refractivity contribution in [3.63, 3.8) is 0 Å². The van der Waals surface area contributed by atoms with Crippen molar-refractivity contribution in [2.75, 3.05) is 6.54 Å². The maximum atomic E-state index is 13.2. The molecule has 3 aliphatic rings. The lowest BCUT2D eigenvalue weighted by Gasteiger charge is -2.60. The van der Waals surface area contributed by atoms with E-state index in [0.717, 1.165) is 45.8 Å². The van der Waals surface area contributed by atoms with E-state index in [9.17, 15) is 4.79 Å². The Labute approximate surface area is 208 Å². The molecule has 3 atom stereocenters. The summed E-state index contributed by atoms with van der Waals surface area (Å²) in [4.78, 5) is 13.2. The first-order valence-electron chi connectivity index (χ1n) is 12.5. The minimum absolute atomic E-state index is 0.0221. The molecule has 1 amide bonds. The van der Waals surface area contributed by atoms with Crippen LogP contribution in [0.15, 0.2) is 54.7 Å². The van der Waals surface area contributed by atoms with Gasteiger partial charge < -0.3 is 9.88 Å². The molecule has 1 aromatic heterocycles. The largest absolute Gasteiger partial charge is 0.352 e. The highest BCUT2D eigenvalue weighted by Gasteiger charge is 2.53. The van der Waals surface area contributed by atoms with E-state index < -0.39 is 0 Å². The predicted octanol–water partition coefficient (Wildman–Crippen LogP) is 7.28. The molecule has 1 N–H and O–H groups in total. The summed E-state index contributed by atoms with van der Waals surface area (Å²) in [5.74, 6) is 2.24. The number of benzene rings is 2. The molecular weight excluding hydrogens is 440 g/mol. The van der Waals surface area contributed by atoms with Gasteiger partial charge in [-0.15, -0.1) is 0 Å². The molecule has 178 valence electrons. The van der Waals surface area contributed by atoms with Crippen LogP contribution in [0.2, 0.25) is 5.02 Å². The number of halogens is 1. The third-order valence-electron chi connectivity index (χ3n) is 8.61. The molecule has 4 heteroatoms. The fourth-order valence-corrected chi connectivity index (χ4v) is 6.35. The molecule has 6 rings (SSSR count). The average molecular weight is 475 g/mol. The highest BCUT2D eigenvalue weighted by molar-refractivity contribution is 6.31. The Morgan fingerprint density at radius 2 is 1.85 bits per heavy atom. The van der Waals surface area contributed by atoms with Gasteiger partial charge in [0.2, 0.25) is 0 Å². The minimum atomic E-state index is 0.0221. The van der Waals surface area contributed by atoms with Gasteiger partial charge in [0.05, 0.1) is 5.56 Å². The van der Waals surface area contributed by atoms with Crippen molar-refractivity contribution in [2.24, 2.45) is 23.2 Å². The van der Waals surface area contributed by atoms with E-state index in [4.69, 9.17) is 11.6 Å². The van der Waals surface area contributed by atoms with Gasteiger partial charge in [0.1, 0.15) is 0 Å². The number of aromatic nitrogens is 1. The fourth-order valence-electron chi connectivity index (χ4n) is 6.24. The second-order valence-electron chi connectivity index (χ2n) is 11.1. The van der Waals surface area contributed by atoms with Crippen LogP contribution in [0.25, 0.3) is 11.3 Å². The van der Waals surface area contributed by atoms with Crippen LogP contribution in [0.1, 0.15) is 60.2 Å². The third-order valence-corrected chi connectivity index (χ3v) is 9.04. The maximum absolute atomic E-state index is 13.2. The standard InChI is InChI=1S/C30H35ClN2O/c1-19-5-7-21(8-6-19)17-33-18-24(14-28(33)22-10-12-27(31)20(2)13-22)29(34)32-16-23-9-11-25-15-26(23)30(25,3)4/h5-8,10,12-14,18,23,25-26H,9,11,15-17H2,1-4H3,(H,32,34)/t23-,25?,26-/m0/s1. The molecule has 1 unspecified atom stereocenters. The lowest BCUT2D eigenvalue weighted by Crippen LogP contribution is -2.54. The summed E-state index contributed by atoms with van der Waals surface area (Å²) >= 11 is 6.29. The van der Waals surface area contributed by atoms with Gasteiger partial charge in [-0.3, -0.25) is 4.79 Å². The highest BCUT2D eigenvalue weighted by atomic mass is 35.5. The van der Waals surface area contributed by atoms with E-state index in [1.165, 1.54) is 30.4 Å². The van der Waals surface area contributed by atoms with Gasteiger partial charge in [-0.1, -0.05) is 61.3 Å². The Hall–Kier alpha value is -2.52. The van der Waals surface area contributed by atoms with Crippen LogP contribution in [0.3, 0.4) is 0 Å². The summed E-state index contributed by atoms with van der Waals surface area (Å²) in [6.45, 7) is 10.4. The van der Waals surface area contributed by atoms with Crippen molar-refractivity contribution >= 4 is 17.5 Å². The molecule has 3 aliphatic carbocycles. The minimum Gasteiger partial charge on any atom is -0.352 e. The molecule has 1 heterocycles. The molecule has 3 aromatic rings. The zero-order valence-corrected chi connectivity index (χ0v) is 21.5. The molecule has 0 aliphatic heterocycles. The van der Waals surface area contributed by atoms with Gasteiger partial charge in [0, 0.05) is 30.0 Å². The maximum Gasteiger partial charge on any atom is 0.252 e. The van der Waals surface area contributed by atoms with Gasteiger partial charge >= 0.3 is 0 Å². The number of carbonyl (C=O) groups excluding carboxylic acids is 1. The number of nitrogens with zero attached hydrogens (tertiary/aromatic N) is 1. The van der Waals surface area contributed by atoms with Crippen molar-refractivity contribution in [1.29, 1.82) is 0 Å². The second kappa shape index (κ2) is 8.92. The van der Waals surface area contributed by atoms with E-state index in [0.29, 0.717) is 17.9 Å². The molecule has 0 saturated heterocycles. The third kappa shape index (κ3) is 4.31. The van der Waals surface area contributed by atoms with Crippen molar-refractivity contribution < 1.29 is 4.79 Å². The van der Waals surface area contributed by atoms with Crippen molar-refractivity contribution in [3.05, 3.63) is 82.0 Å². The smallest absolute Gasteiger partial charge is 0.252 e. The Balaban J connectivity index is 1.38. The molecule has 34 heavy (non-hydrogen) atoms. The summed E-state index contributed by atoms with van der Waals surface area (Å²) in [7, 11) is 0. The number of rotatable bonds is 6. The average Bonchev–Trinajstić information content (AvgIpc) is 3.24. The van der Waals surface area contributed by atoms with Crippen LogP contribution in [0.5, 0.6) is 0 Å². The van der Waals surface area contributed by atoms with Gasteiger partial charge in [0.15, 0.2) is 0 Å². The molecule has 0 radical (unpaired) electrons. The zero-order chi connectivity index (χ0) is 24.0. The van der Waals surface area contributed by atoms with Crippen molar-refractivity contribution in [2.45, 2.75) is 53.5 Å². The van der Waals surface area contributed by atoms with Crippen LogP contribution >= 0.6 is 11.6 Å². The summed E-state index contributed by atoms with van der Waals surface area (Å²) in [6, 6.07) is 16.7. The Kier molecular flexibility index (Phi) is 6.10. The molecule has 0 spiro atoms. The SMILES string of the molecule is Cc1ccc(Cn2cc(C(=O)NC[C@@H]3CCC4C[C@@H]3C4(C)C)cc2-c2ccc(Cl)c(C)c2)cc1. The van der Waals surface area contributed by atoms with Crippen LogP contribution in [0.4, 0.5) is 0 Å². The molecule has 3 saturated carbocycles. The predicted molar refractivity (Wildman–Crippen MR) is 140 cm³/mol. The first-order chi connectivity index (χ1) is 16.2. The van der Waals surface area contributed by atoms with Gasteiger partial charge in [-0.25, -0.2) is 0 Å². The van der Waals surface area contributed by atoms with E-state index in [1.54, 1.807) is 0 Å². The van der Waals surface area contributed by atoms with Gasteiger partial charge in [-0.2, -0.15) is 0 Å². The summed E-state index contributed by atoms with van der Waals surface area (Å²) in [5, 5.41) is 4.03. The first kappa shape index (κ1) is 23.2. The first-order valence-corrected chi connectivity index (χ1v) is 12.9. The van der Waals surface area contributed by atoms with Gasteiger partial charge in [0.25, 0.3) is 5.91 Å². The number of amides is 1. The molecule has 2 bridgehead atoms. The number of hydrogen-bond acceptors (Lipinski definition) is 1. The Bertz CT molecular complexity index is 1210. The van der Waals surface area contributed by atoms with Crippen LogP contribution in [0, 0.1) is 37.0 Å². The fraction of sp³-hybridized carbons (Fsp3) is 0.433. The number of carbonyl (C=O) groups is 1. The molecular formula is C30H35ClN2O. The number of hydrogen-bond donors (Lipinski definition) is 1. The summed E-state index contributed by atoms with van der Waals surface area (Å²) in [5.41, 5.74) is 6.75. The van der Waals surface area contributed by atoms with Gasteiger partial charge in [-0.05, 0) is 91.2 Å².